The Bertz CT molecular complexity index is 2470. The van der Waals surface area contributed by atoms with Gasteiger partial charge >= 0.3 is 6.03 Å². The number of urea groups is 1. The average Bonchev–Trinajstić information content (AvgIpc) is 4.12. The molecule has 2 N–H and O–H groups in total. The maximum Gasteiger partial charge on any atom is 0.343 e. The number of hydrogen-bond acceptors (Lipinski definition) is 12. The molecule has 1 saturated carbocycles. The molecule has 5 saturated heterocycles. The summed E-state index contributed by atoms with van der Waals surface area (Å²) >= 11 is 0. The van der Waals surface area contributed by atoms with Crippen LogP contribution in [0.3, 0.4) is 0 Å². The van der Waals surface area contributed by atoms with E-state index < -0.39 is 41.8 Å². The van der Waals surface area contributed by atoms with E-state index in [1.54, 1.807) is 23.0 Å². The molecule has 0 spiro atoms. The van der Waals surface area contributed by atoms with Crippen molar-refractivity contribution in [1.82, 2.24) is 44.6 Å². The number of likely N-dealkylation sites (tertiary alicyclic amines) is 1. The fourth-order valence-corrected chi connectivity index (χ4v) is 10.5. The first-order valence-corrected chi connectivity index (χ1v) is 20.6. The van der Waals surface area contributed by atoms with Crippen LogP contribution >= 0.6 is 0 Å². The van der Waals surface area contributed by atoms with Crippen molar-refractivity contribution in [3.05, 3.63) is 65.2 Å². The number of amides is 6. The Labute approximate surface area is 341 Å². The second kappa shape index (κ2) is 14.0. The van der Waals surface area contributed by atoms with Gasteiger partial charge in [-0.2, -0.15) is 15.2 Å². The average molecular weight is 825 g/mol. The number of aromatic nitrogens is 5. The van der Waals surface area contributed by atoms with Gasteiger partial charge in [-0.1, -0.05) is 0 Å². The third-order valence-electron chi connectivity index (χ3n) is 13.5. The van der Waals surface area contributed by atoms with Crippen LogP contribution in [0.1, 0.15) is 94.2 Å². The predicted octanol–water partition coefficient (Wildman–Crippen LogP) is 3.24. The number of ether oxygens (including phenoxy) is 1. The number of morpholine rings is 1. The van der Waals surface area contributed by atoms with Crippen LogP contribution in [-0.4, -0.2) is 133 Å². The number of nitrogens with one attached hydrogen (secondary N) is 2. The van der Waals surface area contributed by atoms with Gasteiger partial charge in [-0.05, 0) is 68.7 Å². The zero-order chi connectivity index (χ0) is 41.0. The minimum absolute atomic E-state index is 0.00391. The number of alkyl halides is 2. The van der Waals surface area contributed by atoms with Gasteiger partial charge in [0.05, 0.1) is 54.4 Å². The van der Waals surface area contributed by atoms with Gasteiger partial charge in [0.15, 0.2) is 11.3 Å². The maximum atomic E-state index is 14.3. The summed E-state index contributed by atoms with van der Waals surface area (Å²) in [5, 5.41) is 15.2. The molecule has 4 bridgehead atoms. The van der Waals surface area contributed by atoms with Crippen molar-refractivity contribution >= 4 is 52.5 Å². The van der Waals surface area contributed by atoms with Gasteiger partial charge in [0.2, 0.25) is 5.91 Å². The van der Waals surface area contributed by atoms with Crippen molar-refractivity contribution in [2.24, 2.45) is 5.92 Å². The Morgan fingerprint density at radius 2 is 1.77 bits per heavy atom. The minimum atomic E-state index is -2.88. The van der Waals surface area contributed by atoms with Crippen LogP contribution in [0.2, 0.25) is 0 Å². The van der Waals surface area contributed by atoms with Crippen LogP contribution in [0.5, 0.6) is 0 Å². The summed E-state index contributed by atoms with van der Waals surface area (Å²) in [7, 11) is 0. The summed E-state index contributed by atoms with van der Waals surface area (Å²) in [5.41, 5.74) is 1.35. The third kappa shape index (κ3) is 6.09. The molecule has 4 aromatic rings. The van der Waals surface area contributed by atoms with Crippen molar-refractivity contribution in [2.45, 2.75) is 81.6 Å². The van der Waals surface area contributed by atoms with E-state index in [9.17, 15) is 32.8 Å². The SMILES string of the molecule is O=C1CCN(N2C(=O)c3ccc(N4C[C@@H]5C[C@H]4CN5CC4CCC(n5cc(NC(=O)c6cnn7ccc(N8C[C@H]9C[C@@H]8CO9)nc67)c(C(F)F)n5)CC4)cc3C2=O)C(=O)N1. The second-order valence-electron chi connectivity index (χ2n) is 17.0. The fraction of sp³-hybridized carbons (Fsp3) is 0.500. The molecule has 6 amide bonds. The van der Waals surface area contributed by atoms with Crippen molar-refractivity contribution in [1.29, 1.82) is 0 Å². The second-order valence-corrected chi connectivity index (χ2v) is 17.0. The van der Waals surface area contributed by atoms with Gasteiger partial charge < -0.3 is 19.9 Å². The molecule has 1 aromatic carbocycles. The van der Waals surface area contributed by atoms with Gasteiger partial charge in [-0.15, -0.1) is 0 Å². The van der Waals surface area contributed by atoms with Gasteiger partial charge in [0, 0.05) is 62.8 Å². The summed E-state index contributed by atoms with van der Waals surface area (Å²) in [5.74, 6) is -1.05. The molecule has 1 aliphatic carbocycles. The van der Waals surface area contributed by atoms with Crippen LogP contribution < -0.4 is 20.4 Å². The summed E-state index contributed by atoms with van der Waals surface area (Å²) in [6.45, 7) is 3.88. The monoisotopic (exact) mass is 824 g/mol. The standard InChI is InChI=1S/C40H42F2N12O6/c41-35(42)34-31(44-37(56)30-14-43-51-9-7-32(45-36(30)51)50-18-27-12-26(50)20-60-27)19-52(47-34)22-3-1-21(2-4-22)15-48-16-25-11-24(48)17-49(25)23-5-6-28-29(13-23)39(58)54(38(28)57)53-10-8-33(55)46-40(53)59/h5-7,9,13-14,19,21-22,24-27,35H,1-4,8,10-12,15-18,20H2,(H,44,56)(H,46,55,59)/t21?,22?,24-,25-,26+,27+/m0/s1. The molecule has 9 heterocycles. The van der Waals surface area contributed by atoms with Crippen LogP contribution in [0.25, 0.3) is 5.65 Å². The van der Waals surface area contributed by atoms with E-state index in [0.717, 1.165) is 86.2 Å². The highest BCUT2D eigenvalue weighted by molar-refractivity contribution is 6.22. The number of fused-ring (bicyclic) bond motifs is 6. The number of carbonyl (C=O) groups is 5. The first-order valence-electron chi connectivity index (χ1n) is 20.6. The Hall–Kier alpha value is -6.02. The van der Waals surface area contributed by atoms with E-state index in [1.165, 1.54) is 16.9 Å². The number of carbonyl (C=O) groups excluding carboxylic acids is 5. The molecule has 18 nitrogen and oxygen atoms in total. The summed E-state index contributed by atoms with van der Waals surface area (Å²) in [4.78, 5) is 75.9. The molecule has 7 aliphatic rings. The summed E-state index contributed by atoms with van der Waals surface area (Å²) in [6.07, 6.45) is 7.24. The number of piperazine rings is 1. The Kier molecular flexibility index (Phi) is 8.66. The Morgan fingerprint density at radius 3 is 2.50 bits per heavy atom. The lowest BCUT2D eigenvalue weighted by molar-refractivity contribution is -0.122. The zero-order valence-corrected chi connectivity index (χ0v) is 32.5. The van der Waals surface area contributed by atoms with E-state index in [1.807, 2.05) is 12.1 Å². The van der Waals surface area contributed by atoms with E-state index in [2.05, 4.69) is 35.5 Å². The maximum absolute atomic E-state index is 14.3. The quantitative estimate of drug-likeness (QED) is 0.236. The third-order valence-corrected chi connectivity index (χ3v) is 13.5. The molecule has 11 rings (SSSR count). The largest absolute Gasteiger partial charge is 0.374 e. The van der Waals surface area contributed by atoms with E-state index in [4.69, 9.17) is 9.72 Å². The van der Waals surface area contributed by atoms with Gasteiger partial charge in [-0.3, -0.25) is 34.1 Å². The highest BCUT2D eigenvalue weighted by Crippen LogP contribution is 2.40. The molecule has 6 aliphatic heterocycles. The molecule has 0 unspecified atom stereocenters. The predicted molar refractivity (Wildman–Crippen MR) is 208 cm³/mol. The fourth-order valence-electron chi connectivity index (χ4n) is 10.5. The topological polar surface area (TPSA) is 183 Å². The first-order chi connectivity index (χ1) is 29.1. The normalized spacial score (nSPS) is 27.6. The molecule has 312 valence electrons. The van der Waals surface area contributed by atoms with Crippen molar-refractivity contribution in [3.8, 4) is 0 Å². The number of hydrazine groups is 1. The van der Waals surface area contributed by atoms with Crippen molar-refractivity contribution < 1.29 is 37.5 Å². The van der Waals surface area contributed by atoms with Crippen LogP contribution in [0.15, 0.2) is 42.9 Å². The molecule has 20 heteroatoms. The first kappa shape index (κ1) is 37.0. The summed E-state index contributed by atoms with van der Waals surface area (Å²) in [6, 6.07) is 7.02. The molecule has 60 heavy (non-hydrogen) atoms. The van der Waals surface area contributed by atoms with Crippen LogP contribution in [-0.2, 0) is 9.53 Å². The van der Waals surface area contributed by atoms with E-state index in [-0.39, 0.29) is 59.6 Å². The van der Waals surface area contributed by atoms with Crippen LogP contribution in [0.4, 0.5) is 30.8 Å². The van der Waals surface area contributed by atoms with Gasteiger partial charge in [-0.25, -0.2) is 28.1 Å². The minimum Gasteiger partial charge on any atom is -0.374 e. The smallest absolute Gasteiger partial charge is 0.343 e. The number of rotatable bonds is 9. The van der Waals surface area contributed by atoms with E-state index >= 15 is 0 Å². The van der Waals surface area contributed by atoms with Crippen molar-refractivity contribution in [3.63, 3.8) is 0 Å². The zero-order valence-electron chi connectivity index (χ0n) is 32.5. The number of imide groups is 2. The Balaban J connectivity index is 0.704. The van der Waals surface area contributed by atoms with E-state index in [0.29, 0.717) is 24.2 Å². The van der Waals surface area contributed by atoms with Crippen LogP contribution in [0, 0.1) is 5.92 Å². The van der Waals surface area contributed by atoms with Gasteiger partial charge in [0.1, 0.15) is 11.4 Å². The molecule has 4 atom stereocenters. The van der Waals surface area contributed by atoms with Crippen molar-refractivity contribution in [2.75, 3.05) is 54.4 Å². The number of anilines is 3. The molecule has 0 radical (unpaired) electrons. The highest BCUT2D eigenvalue weighted by Gasteiger charge is 2.47. The number of hydrogen-bond donors (Lipinski definition) is 2. The molecular formula is C40H42F2N12O6. The molecule has 3 aromatic heterocycles. The molecule has 6 fully saturated rings. The number of halogens is 2. The lowest BCUT2D eigenvalue weighted by atomic mass is 9.85. The summed E-state index contributed by atoms with van der Waals surface area (Å²) < 4.78 is 37.5. The lowest BCUT2D eigenvalue weighted by Crippen LogP contribution is -2.58. The number of nitrogens with zero attached hydrogens (tertiary/aromatic N) is 10. The van der Waals surface area contributed by atoms with Gasteiger partial charge in [0.25, 0.3) is 24.1 Å². The number of benzene rings is 1. The highest BCUT2D eigenvalue weighted by atomic mass is 19.3. The molecular weight excluding hydrogens is 783 g/mol. The lowest BCUT2D eigenvalue weighted by Gasteiger charge is -2.38. The Morgan fingerprint density at radius 1 is 0.933 bits per heavy atom.